The topological polar surface area (TPSA) is 63.3 Å². The summed E-state index contributed by atoms with van der Waals surface area (Å²) in [4.78, 5) is 13.2. The number of hydrogen-bond donors (Lipinski definition) is 2. The molecule has 2 N–H and O–H groups in total. The first-order chi connectivity index (χ1) is 14.3. The Bertz CT molecular complexity index is 1200. The predicted molar refractivity (Wildman–Crippen MR) is 116 cm³/mol. The van der Waals surface area contributed by atoms with E-state index in [4.69, 9.17) is 0 Å². The minimum Gasteiger partial charge on any atom is -0.344 e. The molecule has 29 heavy (non-hydrogen) atoms. The summed E-state index contributed by atoms with van der Waals surface area (Å²) in [5.41, 5.74) is 7.52. The molecular weight excluding hydrogens is 360 g/mol. The highest BCUT2D eigenvalue weighted by Gasteiger charge is 2.28. The van der Waals surface area contributed by atoms with Crippen LogP contribution in [0.15, 0.2) is 59.7 Å². The normalized spacial score (nSPS) is 16.2. The van der Waals surface area contributed by atoms with Gasteiger partial charge in [-0.1, -0.05) is 30.3 Å². The van der Waals surface area contributed by atoms with Gasteiger partial charge in [-0.25, -0.2) is 0 Å². The van der Waals surface area contributed by atoms with Gasteiger partial charge < -0.3 is 9.88 Å². The number of rotatable bonds is 3. The van der Waals surface area contributed by atoms with Gasteiger partial charge in [0, 0.05) is 54.6 Å². The second kappa shape index (κ2) is 6.60. The molecule has 144 valence electrons. The van der Waals surface area contributed by atoms with Gasteiger partial charge in [0.05, 0.1) is 11.7 Å². The number of nitrogens with zero attached hydrogens (tertiary/aromatic N) is 4. The molecule has 0 amide bonds. The molecule has 2 aliphatic heterocycles. The molecule has 0 saturated heterocycles. The summed E-state index contributed by atoms with van der Waals surface area (Å²) in [5.74, 6) is 1.16. The summed E-state index contributed by atoms with van der Waals surface area (Å²) in [6.07, 6.45) is 4.95. The number of nitrogens with one attached hydrogen (secondary N) is 2. The Morgan fingerprint density at radius 2 is 2.00 bits per heavy atom. The van der Waals surface area contributed by atoms with Crippen molar-refractivity contribution in [3.63, 3.8) is 0 Å². The van der Waals surface area contributed by atoms with E-state index >= 15 is 0 Å². The summed E-state index contributed by atoms with van der Waals surface area (Å²) >= 11 is 0. The van der Waals surface area contributed by atoms with Crippen LogP contribution in [0.1, 0.15) is 22.4 Å². The van der Waals surface area contributed by atoms with E-state index in [9.17, 15) is 0 Å². The van der Waals surface area contributed by atoms with Gasteiger partial charge in [0.25, 0.3) is 0 Å². The first-order valence-electron chi connectivity index (χ1n) is 10.1. The van der Waals surface area contributed by atoms with Crippen LogP contribution >= 0.6 is 0 Å². The number of aromatic nitrogens is 3. The number of hydrogen-bond acceptors (Lipinski definition) is 4. The van der Waals surface area contributed by atoms with Gasteiger partial charge in [-0.15, -0.1) is 0 Å². The van der Waals surface area contributed by atoms with Gasteiger partial charge >= 0.3 is 0 Å². The van der Waals surface area contributed by atoms with E-state index in [1.165, 1.54) is 22.4 Å². The second-order valence-corrected chi connectivity index (χ2v) is 7.81. The lowest BCUT2D eigenvalue weighted by Crippen LogP contribution is -2.30. The summed E-state index contributed by atoms with van der Waals surface area (Å²) < 4.78 is 0. The van der Waals surface area contributed by atoms with Gasteiger partial charge in [-0.2, -0.15) is 5.10 Å². The number of aliphatic imine (C=N–C) groups is 1. The summed E-state index contributed by atoms with van der Waals surface area (Å²) in [6, 6.07) is 17.1. The van der Waals surface area contributed by atoms with E-state index in [1.807, 2.05) is 12.4 Å². The molecule has 0 spiro atoms. The molecule has 6 rings (SSSR count). The van der Waals surface area contributed by atoms with Crippen molar-refractivity contribution < 1.29 is 0 Å². The lowest BCUT2D eigenvalue weighted by atomic mass is 10.0. The van der Waals surface area contributed by atoms with Crippen molar-refractivity contribution in [3.8, 4) is 0 Å². The monoisotopic (exact) mass is 382 g/mol. The van der Waals surface area contributed by atoms with Crippen LogP contribution in [0.5, 0.6) is 0 Å². The lowest BCUT2D eigenvalue weighted by molar-refractivity contribution is 0.244. The third-order valence-electron chi connectivity index (χ3n) is 5.97. The Hall–Kier alpha value is -3.38. The van der Waals surface area contributed by atoms with Crippen molar-refractivity contribution in [2.24, 2.45) is 4.99 Å². The molecule has 0 bridgehead atoms. The van der Waals surface area contributed by atoms with E-state index in [1.54, 1.807) is 0 Å². The summed E-state index contributed by atoms with van der Waals surface area (Å²) in [7, 11) is 0. The highest BCUT2D eigenvalue weighted by molar-refractivity contribution is 5.94. The van der Waals surface area contributed by atoms with Gasteiger partial charge in [-0.05, 0) is 29.3 Å². The third-order valence-corrected chi connectivity index (χ3v) is 5.97. The first kappa shape index (κ1) is 16.6. The van der Waals surface area contributed by atoms with Crippen LogP contribution in [-0.4, -0.2) is 39.5 Å². The maximum Gasteiger partial charge on any atom is 0.121 e. The molecule has 6 nitrogen and oxygen atoms in total. The Labute approximate surface area is 168 Å². The standard InChI is InChI=1S/C23H22N6/c1-2-4-16(5-3-1)13-28-9-8-22-20(14-28)19-12-24-15-29(23(19)26-22)18-6-7-21-17(10-18)11-25-27-21/h1-7,10-12,26H,8-9,13-15H2,(H,25,27). The molecule has 2 aromatic carbocycles. The minimum absolute atomic E-state index is 0.628. The molecule has 0 aliphatic carbocycles. The van der Waals surface area contributed by atoms with Crippen molar-refractivity contribution in [3.05, 3.63) is 77.1 Å². The molecule has 2 aromatic heterocycles. The zero-order valence-corrected chi connectivity index (χ0v) is 16.1. The van der Waals surface area contributed by atoms with Crippen molar-refractivity contribution in [1.82, 2.24) is 20.1 Å². The van der Waals surface area contributed by atoms with Crippen LogP contribution in [0.25, 0.3) is 10.9 Å². The molecule has 0 saturated carbocycles. The van der Waals surface area contributed by atoms with Crippen molar-refractivity contribution >= 4 is 28.6 Å². The Kier molecular flexibility index (Phi) is 3.77. The molecule has 0 radical (unpaired) electrons. The SMILES string of the molecule is C1=NCN(c2ccc3[nH]ncc3c2)c2[nH]c3c(c21)CN(Cc1ccccc1)CC3. The van der Waals surface area contributed by atoms with Crippen molar-refractivity contribution in [1.29, 1.82) is 0 Å². The fourth-order valence-electron chi connectivity index (χ4n) is 4.48. The van der Waals surface area contributed by atoms with Crippen LogP contribution in [0.3, 0.4) is 0 Å². The van der Waals surface area contributed by atoms with Crippen LogP contribution in [0.2, 0.25) is 0 Å². The largest absolute Gasteiger partial charge is 0.344 e. The van der Waals surface area contributed by atoms with E-state index < -0.39 is 0 Å². The molecule has 4 aromatic rings. The lowest BCUT2D eigenvalue weighted by Gasteiger charge is -2.28. The quantitative estimate of drug-likeness (QED) is 0.563. The average Bonchev–Trinajstić information content (AvgIpc) is 3.38. The Morgan fingerprint density at radius 3 is 2.93 bits per heavy atom. The first-order valence-corrected chi connectivity index (χ1v) is 10.1. The van der Waals surface area contributed by atoms with Crippen LogP contribution in [0, 0.1) is 0 Å². The number of H-pyrrole nitrogens is 2. The number of benzene rings is 2. The molecule has 0 fully saturated rings. The van der Waals surface area contributed by atoms with Crippen LogP contribution < -0.4 is 4.90 Å². The maximum atomic E-state index is 4.67. The zero-order valence-electron chi connectivity index (χ0n) is 16.1. The van der Waals surface area contributed by atoms with Gasteiger partial charge in [0.2, 0.25) is 0 Å². The number of anilines is 2. The van der Waals surface area contributed by atoms with Gasteiger partial charge in [0.15, 0.2) is 0 Å². The van der Waals surface area contributed by atoms with Gasteiger partial charge in [0.1, 0.15) is 12.5 Å². The Morgan fingerprint density at radius 1 is 1.07 bits per heavy atom. The fourth-order valence-corrected chi connectivity index (χ4v) is 4.48. The van der Waals surface area contributed by atoms with Gasteiger partial charge in [-0.3, -0.25) is 15.0 Å². The molecule has 0 unspecified atom stereocenters. The van der Waals surface area contributed by atoms with Crippen LogP contribution in [0.4, 0.5) is 11.5 Å². The van der Waals surface area contributed by atoms with E-state index in [-0.39, 0.29) is 0 Å². The highest BCUT2D eigenvalue weighted by atomic mass is 15.3. The summed E-state index contributed by atoms with van der Waals surface area (Å²) in [5, 5.41) is 8.28. The maximum absolute atomic E-state index is 4.67. The molecule has 6 heteroatoms. The van der Waals surface area contributed by atoms with Crippen molar-refractivity contribution in [2.45, 2.75) is 19.5 Å². The highest BCUT2D eigenvalue weighted by Crippen LogP contribution is 2.36. The predicted octanol–water partition coefficient (Wildman–Crippen LogP) is 3.98. The van der Waals surface area contributed by atoms with E-state index in [0.29, 0.717) is 6.67 Å². The zero-order chi connectivity index (χ0) is 19.2. The van der Waals surface area contributed by atoms with Crippen LogP contribution in [-0.2, 0) is 19.5 Å². The molecule has 2 aliphatic rings. The minimum atomic E-state index is 0.628. The second-order valence-electron chi connectivity index (χ2n) is 7.81. The van der Waals surface area contributed by atoms with Crippen molar-refractivity contribution in [2.75, 3.05) is 18.1 Å². The molecule has 4 heterocycles. The summed E-state index contributed by atoms with van der Waals surface area (Å²) in [6.45, 7) is 3.64. The van der Waals surface area contributed by atoms with E-state index in [2.05, 4.69) is 78.5 Å². The third kappa shape index (κ3) is 2.84. The molecule has 0 atom stereocenters. The Balaban J connectivity index is 1.32. The number of aromatic amines is 2. The number of fused-ring (bicyclic) bond motifs is 4. The fraction of sp³-hybridized carbons (Fsp3) is 0.217. The van der Waals surface area contributed by atoms with E-state index in [0.717, 1.165) is 48.5 Å². The smallest absolute Gasteiger partial charge is 0.121 e. The average molecular weight is 382 g/mol. The molecular formula is C23H22N6.